The molecule has 0 saturated carbocycles. The van der Waals surface area contributed by atoms with Gasteiger partial charge in [0.15, 0.2) is 0 Å². The van der Waals surface area contributed by atoms with Crippen molar-refractivity contribution in [2.45, 2.75) is 13.5 Å². The van der Waals surface area contributed by atoms with E-state index in [2.05, 4.69) is 24.8 Å². The van der Waals surface area contributed by atoms with E-state index < -0.39 is 0 Å². The van der Waals surface area contributed by atoms with Crippen LogP contribution in [0, 0.1) is 0 Å². The Morgan fingerprint density at radius 2 is 1.80 bits per heavy atom. The number of benzene rings is 2. The van der Waals surface area contributed by atoms with Gasteiger partial charge in [0.1, 0.15) is 0 Å². The van der Waals surface area contributed by atoms with Gasteiger partial charge >= 0.3 is 0 Å². The summed E-state index contributed by atoms with van der Waals surface area (Å²) in [4.78, 5) is 0. The van der Waals surface area contributed by atoms with Gasteiger partial charge in [-0.05, 0) is 41.0 Å². The standard InChI is InChI=1S/C14H14O/c1-10(2)12-5-6-13-7-11(9-15)3-4-14(13)8-12/h3-8,15H,1,9H2,2H3. The molecule has 0 unspecified atom stereocenters. The predicted molar refractivity (Wildman–Crippen MR) is 64.6 cm³/mol. The zero-order chi connectivity index (χ0) is 10.8. The molecule has 0 heterocycles. The van der Waals surface area contributed by atoms with Gasteiger partial charge in [-0.2, -0.15) is 0 Å². The van der Waals surface area contributed by atoms with Gasteiger partial charge in [0, 0.05) is 0 Å². The quantitative estimate of drug-likeness (QED) is 0.784. The van der Waals surface area contributed by atoms with E-state index in [1.165, 1.54) is 10.9 Å². The van der Waals surface area contributed by atoms with E-state index in [0.717, 1.165) is 16.5 Å². The number of hydrogen-bond donors (Lipinski definition) is 1. The summed E-state index contributed by atoms with van der Waals surface area (Å²) in [5.74, 6) is 0. The molecule has 2 aromatic carbocycles. The van der Waals surface area contributed by atoms with Crippen LogP contribution in [0.3, 0.4) is 0 Å². The maximum Gasteiger partial charge on any atom is 0.0682 e. The van der Waals surface area contributed by atoms with Gasteiger partial charge in [-0.1, -0.05) is 36.4 Å². The van der Waals surface area contributed by atoms with Crippen LogP contribution < -0.4 is 0 Å². The molecule has 76 valence electrons. The summed E-state index contributed by atoms with van der Waals surface area (Å²) in [7, 11) is 0. The first-order valence-electron chi connectivity index (χ1n) is 5.00. The zero-order valence-electron chi connectivity index (χ0n) is 8.83. The molecule has 0 aliphatic heterocycles. The van der Waals surface area contributed by atoms with E-state index >= 15 is 0 Å². The highest BCUT2D eigenvalue weighted by Crippen LogP contribution is 2.21. The minimum Gasteiger partial charge on any atom is -0.392 e. The second-order valence-electron chi connectivity index (χ2n) is 3.83. The fourth-order valence-corrected chi connectivity index (χ4v) is 1.66. The largest absolute Gasteiger partial charge is 0.392 e. The van der Waals surface area contributed by atoms with E-state index in [0.29, 0.717) is 0 Å². The van der Waals surface area contributed by atoms with E-state index in [-0.39, 0.29) is 6.61 Å². The van der Waals surface area contributed by atoms with Crippen LogP contribution in [0.25, 0.3) is 16.3 Å². The van der Waals surface area contributed by atoms with Gasteiger partial charge in [0.2, 0.25) is 0 Å². The van der Waals surface area contributed by atoms with Crippen molar-refractivity contribution in [1.29, 1.82) is 0 Å². The minimum atomic E-state index is 0.0954. The van der Waals surface area contributed by atoms with E-state index in [4.69, 9.17) is 5.11 Å². The highest BCUT2D eigenvalue weighted by atomic mass is 16.3. The Morgan fingerprint density at radius 3 is 2.47 bits per heavy atom. The summed E-state index contributed by atoms with van der Waals surface area (Å²) in [5, 5.41) is 11.4. The Kier molecular flexibility index (Phi) is 2.57. The van der Waals surface area contributed by atoms with Crippen LogP contribution >= 0.6 is 0 Å². The molecule has 0 fully saturated rings. The highest BCUT2D eigenvalue weighted by Gasteiger charge is 1.98. The summed E-state index contributed by atoms with van der Waals surface area (Å²) in [5.41, 5.74) is 3.19. The molecule has 0 radical (unpaired) electrons. The van der Waals surface area contributed by atoms with Gasteiger partial charge in [0.25, 0.3) is 0 Å². The van der Waals surface area contributed by atoms with E-state index in [9.17, 15) is 0 Å². The second kappa shape index (κ2) is 3.87. The van der Waals surface area contributed by atoms with Gasteiger partial charge in [-0.3, -0.25) is 0 Å². The summed E-state index contributed by atoms with van der Waals surface area (Å²) < 4.78 is 0. The lowest BCUT2D eigenvalue weighted by Crippen LogP contribution is -1.84. The molecular weight excluding hydrogens is 184 g/mol. The van der Waals surface area contributed by atoms with Crippen molar-refractivity contribution in [2.75, 3.05) is 0 Å². The second-order valence-corrected chi connectivity index (χ2v) is 3.83. The molecule has 1 N–H and O–H groups in total. The highest BCUT2D eigenvalue weighted by molar-refractivity contribution is 5.86. The van der Waals surface area contributed by atoms with E-state index in [1.54, 1.807) is 0 Å². The van der Waals surface area contributed by atoms with Gasteiger partial charge in [-0.25, -0.2) is 0 Å². The van der Waals surface area contributed by atoms with Crippen molar-refractivity contribution in [3.8, 4) is 0 Å². The van der Waals surface area contributed by atoms with Crippen molar-refractivity contribution in [1.82, 2.24) is 0 Å². The lowest BCUT2D eigenvalue weighted by atomic mass is 10.0. The molecule has 2 aromatic rings. The van der Waals surface area contributed by atoms with Crippen molar-refractivity contribution in [2.24, 2.45) is 0 Å². The van der Waals surface area contributed by atoms with Crippen molar-refractivity contribution < 1.29 is 5.11 Å². The van der Waals surface area contributed by atoms with Crippen LogP contribution in [0.1, 0.15) is 18.1 Å². The lowest BCUT2D eigenvalue weighted by molar-refractivity contribution is 0.282. The summed E-state index contributed by atoms with van der Waals surface area (Å²) >= 11 is 0. The number of rotatable bonds is 2. The number of allylic oxidation sites excluding steroid dienone is 1. The third-order valence-electron chi connectivity index (χ3n) is 2.58. The molecule has 1 nitrogen and oxygen atoms in total. The van der Waals surface area contributed by atoms with Crippen LogP contribution in [0.2, 0.25) is 0 Å². The van der Waals surface area contributed by atoms with Crippen molar-refractivity contribution >= 4 is 16.3 Å². The zero-order valence-corrected chi connectivity index (χ0v) is 8.83. The molecule has 0 atom stereocenters. The maximum atomic E-state index is 9.03. The van der Waals surface area contributed by atoms with Gasteiger partial charge in [-0.15, -0.1) is 0 Å². The van der Waals surface area contributed by atoms with Crippen LogP contribution in [0.4, 0.5) is 0 Å². The Balaban J connectivity index is 2.59. The normalized spacial score (nSPS) is 10.5. The summed E-state index contributed by atoms with van der Waals surface area (Å²) in [6.07, 6.45) is 0. The number of aliphatic hydroxyl groups excluding tert-OH is 1. The number of hydrogen-bond acceptors (Lipinski definition) is 1. The first-order valence-corrected chi connectivity index (χ1v) is 5.00. The lowest BCUT2D eigenvalue weighted by Gasteiger charge is -2.04. The van der Waals surface area contributed by atoms with Crippen LogP contribution in [0.15, 0.2) is 43.0 Å². The molecule has 0 amide bonds. The topological polar surface area (TPSA) is 20.2 Å². The Morgan fingerprint density at radius 1 is 1.13 bits per heavy atom. The molecule has 2 rings (SSSR count). The SMILES string of the molecule is C=C(C)c1ccc2cc(CO)ccc2c1. The Labute approximate surface area is 89.7 Å². The molecule has 0 aliphatic carbocycles. The first-order chi connectivity index (χ1) is 7.20. The van der Waals surface area contributed by atoms with Crippen molar-refractivity contribution in [3.63, 3.8) is 0 Å². The summed E-state index contributed by atoms with van der Waals surface area (Å²) in [6, 6.07) is 12.2. The molecule has 1 heteroatoms. The van der Waals surface area contributed by atoms with Gasteiger partial charge in [0.05, 0.1) is 6.61 Å². The molecule has 15 heavy (non-hydrogen) atoms. The minimum absolute atomic E-state index is 0.0954. The smallest absolute Gasteiger partial charge is 0.0682 e. The monoisotopic (exact) mass is 198 g/mol. The molecule has 0 saturated heterocycles. The fourth-order valence-electron chi connectivity index (χ4n) is 1.66. The predicted octanol–water partition coefficient (Wildman–Crippen LogP) is 3.37. The Hall–Kier alpha value is -1.60. The molecular formula is C14H14O. The van der Waals surface area contributed by atoms with Crippen LogP contribution in [-0.2, 0) is 6.61 Å². The number of aliphatic hydroxyl groups is 1. The van der Waals surface area contributed by atoms with Crippen molar-refractivity contribution in [3.05, 3.63) is 54.1 Å². The Bertz CT molecular complexity index is 512. The molecule has 0 spiro atoms. The average Bonchev–Trinajstić information content (AvgIpc) is 2.27. The summed E-state index contributed by atoms with van der Waals surface area (Å²) in [6.45, 7) is 6.02. The fraction of sp³-hybridized carbons (Fsp3) is 0.143. The maximum absolute atomic E-state index is 9.03. The molecule has 0 aromatic heterocycles. The van der Waals surface area contributed by atoms with Gasteiger partial charge < -0.3 is 5.11 Å². The van der Waals surface area contributed by atoms with E-state index in [1.807, 2.05) is 25.1 Å². The average molecular weight is 198 g/mol. The number of fused-ring (bicyclic) bond motifs is 1. The van der Waals surface area contributed by atoms with Crippen LogP contribution in [-0.4, -0.2) is 5.11 Å². The third kappa shape index (κ3) is 1.92. The van der Waals surface area contributed by atoms with Crippen LogP contribution in [0.5, 0.6) is 0 Å². The first kappa shape index (κ1) is 9.94. The molecule has 0 bridgehead atoms. The molecule has 0 aliphatic rings. The third-order valence-corrected chi connectivity index (χ3v) is 2.58.